The maximum absolute atomic E-state index is 12.1. The second-order valence-corrected chi connectivity index (χ2v) is 5.85. The number of benzene rings is 2. The van der Waals surface area contributed by atoms with Crippen LogP contribution in [0.2, 0.25) is 0 Å². The van der Waals surface area contributed by atoms with Crippen LogP contribution in [0.3, 0.4) is 0 Å². The SMILES string of the molecule is COc1ccc(/C(C)=N\NC(=O)CCn2nnc3ccccc32)cc1OC. The van der Waals surface area contributed by atoms with E-state index in [0.29, 0.717) is 23.8 Å². The summed E-state index contributed by atoms with van der Waals surface area (Å²) in [6.45, 7) is 2.24. The lowest BCUT2D eigenvalue weighted by molar-refractivity contribution is -0.121. The molecule has 1 heterocycles. The Hall–Kier alpha value is -3.42. The van der Waals surface area contributed by atoms with Crippen molar-refractivity contribution in [3.63, 3.8) is 0 Å². The molecule has 0 radical (unpaired) electrons. The van der Waals surface area contributed by atoms with E-state index in [1.807, 2.05) is 43.3 Å². The van der Waals surface area contributed by atoms with Gasteiger partial charge < -0.3 is 9.47 Å². The van der Waals surface area contributed by atoms with Crippen molar-refractivity contribution in [3.05, 3.63) is 48.0 Å². The molecule has 8 nitrogen and oxygen atoms in total. The highest BCUT2D eigenvalue weighted by atomic mass is 16.5. The van der Waals surface area contributed by atoms with Crippen molar-refractivity contribution in [1.82, 2.24) is 20.4 Å². The van der Waals surface area contributed by atoms with E-state index in [-0.39, 0.29) is 12.3 Å². The molecule has 140 valence electrons. The van der Waals surface area contributed by atoms with Crippen molar-refractivity contribution in [2.45, 2.75) is 19.9 Å². The maximum Gasteiger partial charge on any atom is 0.241 e. The van der Waals surface area contributed by atoms with Crippen LogP contribution in [0.1, 0.15) is 18.9 Å². The van der Waals surface area contributed by atoms with E-state index < -0.39 is 0 Å². The van der Waals surface area contributed by atoms with Gasteiger partial charge in [0.05, 0.1) is 32.0 Å². The zero-order valence-electron chi connectivity index (χ0n) is 15.5. The van der Waals surface area contributed by atoms with Gasteiger partial charge in [-0.2, -0.15) is 5.10 Å². The summed E-state index contributed by atoms with van der Waals surface area (Å²) in [6, 6.07) is 13.1. The summed E-state index contributed by atoms with van der Waals surface area (Å²) >= 11 is 0. The molecular weight excluding hydrogens is 346 g/mol. The van der Waals surface area contributed by atoms with Gasteiger partial charge in [0.25, 0.3) is 0 Å². The van der Waals surface area contributed by atoms with Crippen LogP contribution in [0.25, 0.3) is 11.0 Å². The molecular formula is C19H21N5O3. The Bertz CT molecular complexity index is 980. The highest BCUT2D eigenvalue weighted by Crippen LogP contribution is 2.27. The van der Waals surface area contributed by atoms with Gasteiger partial charge in [-0.15, -0.1) is 5.10 Å². The molecule has 2 aromatic carbocycles. The number of hydrazone groups is 1. The molecule has 27 heavy (non-hydrogen) atoms. The molecule has 0 aliphatic heterocycles. The number of rotatable bonds is 7. The van der Waals surface area contributed by atoms with Crippen LogP contribution in [-0.2, 0) is 11.3 Å². The van der Waals surface area contributed by atoms with Crippen molar-refractivity contribution in [1.29, 1.82) is 0 Å². The summed E-state index contributed by atoms with van der Waals surface area (Å²) in [5.41, 5.74) is 5.77. The van der Waals surface area contributed by atoms with E-state index in [2.05, 4.69) is 20.8 Å². The number of hydrogen-bond acceptors (Lipinski definition) is 6. The number of aryl methyl sites for hydroxylation is 1. The predicted molar refractivity (Wildman–Crippen MR) is 102 cm³/mol. The van der Waals surface area contributed by atoms with E-state index in [1.54, 1.807) is 25.0 Å². The number of nitrogens with one attached hydrogen (secondary N) is 1. The maximum atomic E-state index is 12.1. The van der Waals surface area contributed by atoms with Gasteiger partial charge >= 0.3 is 0 Å². The van der Waals surface area contributed by atoms with Crippen molar-refractivity contribution < 1.29 is 14.3 Å². The third kappa shape index (κ3) is 4.22. The molecule has 0 spiro atoms. The molecule has 1 N–H and O–H groups in total. The fourth-order valence-corrected chi connectivity index (χ4v) is 2.62. The zero-order chi connectivity index (χ0) is 19.2. The van der Waals surface area contributed by atoms with Gasteiger partial charge in [0.2, 0.25) is 5.91 Å². The Kier molecular flexibility index (Phi) is 5.65. The number of hydrogen-bond donors (Lipinski definition) is 1. The van der Waals surface area contributed by atoms with E-state index in [9.17, 15) is 4.79 Å². The number of para-hydroxylation sites is 1. The number of carbonyl (C=O) groups is 1. The van der Waals surface area contributed by atoms with Gasteiger partial charge in [-0.1, -0.05) is 17.3 Å². The van der Waals surface area contributed by atoms with Crippen LogP contribution in [0.4, 0.5) is 0 Å². The number of amides is 1. The van der Waals surface area contributed by atoms with Crippen LogP contribution in [0, 0.1) is 0 Å². The second-order valence-electron chi connectivity index (χ2n) is 5.85. The van der Waals surface area contributed by atoms with Crippen molar-refractivity contribution in [2.75, 3.05) is 14.2 Å². The first-order chi connectivity index (χ1) is 13.1. The van der Waals surface area contributed by atoms with Crippen molar-refractivity contribution in [2.24, 2.45) is 5.10 Å². The summed E-state index contributed by atoms with van der Waals surface area (Å²) in [7, 11) is 3.15. The highest BCUT2D eigenvalue weighted by molar-refractivity contribution is 5.99. The standard InChI is InChI=1S/C19H21N5O3/c1-13(14-8-9-17(26-2)18(12-14)27-3)20-22-19(25)10-11-24-16-7-5-4-6-15(16)21-23-24/h4-9,12H,10-11H2,1-3H3,(H,22,25)/b20-13-. The van der Waals surface area contributed by atoms with E-state index >= 15 is 0 Å². The van der Waals surface area contributed by atoms with Gasteiger partial charge in [0, 0.05) is 12.0 Å². The molecule has 1 aromatic heterocycles. The molecule has 0 saturated heterocycles. The Morgan fingerprint density at radius 2 is 1.93 bits per heavy atom. The molecule has 3 aromatic rings. The smallest absolute Gasteiger partial charge is 0.241 e. The van der Waals surface area contributed by atoms with Crippen LogP contribution in [0.5, 0.6) is 11.5 Å². The minimum absolute atomic E-state index is 0.200. The van der Waals surface area contributed by atoms with E-state index in [1.165, 1.54) is 0 Å². The predicted octanol–water partition coefficient (Wildman–Crippen LogP) is 2.38. The first kappa shape index (κ1) is 18.4. The number of ether oxygens (including phenoxy) is 2. The summed E-state index contributed by atoms with van der Waals surface area (Å²) in [5.74, 6) is 1.04. The van der Waals surface area contributed by atoms with Gasteiger partial charge in [0.1, 0.15) is 5.52 Å². The Balaban J connectivity index is 1.60. The highest BCUT2D eigenvalue weighted by Gasteiger charge is 2.08. The fourth-order valence-electron chi connectivity index (χ4n) is 2.62. The fraction of sp³-hybridized carbons (Fsp3) is 0.263. The number of fused-ring (bicyclic) bond motifs is 1. The molecule has 8 heteroatoms. The molecule has 0 saturated carbocycles. The summed E-state index contributed by atoms with van der Waals surface area (Å²) in [5, 5.41) is 12.3. The number of aromatic nitrogens is 3. The average molecular weight is 367 g/mol. The Labute approximate surface area is 156 Å². The van der Waals surface area contributed by atoms with Crippen LogP contribution < -0.4 is 14.9 Å². The Morgan fingerprint density at radius 3 is 2.70 bits per heavy atom. The van der Waals surface area contributed by atoms with Crippen LogP contribution in [0.15, 0.2) is 47.6 Å². The van der Waals surface area contributed by atoms with Crippen molar-refractivity contribution in [3.8, 4) is 11.5 Å². The molecule has 0 bridgehead atoms. The lowest BCUT2D eigenvalue weighted by atomic mass is 10.1. The summed E-state index contributed by atoms with van der Waals surface area (Å²) < 4.78 is 12.2. The summed E-state index contributed by atoms with van der Waals surface area (Å²) in [6.07, 6.45) is 0.246. The second kappa shape index (κ2) is 8.31. The number of nitrogens with zero attached hydrogens (tertiary/aromatic N) is 4. The number of carbonyl (C=O) groups excluding carboxylic acids is 1. The quantitative estimate of drug-likeness (QED) is 0.511. The molecule has 0 fully saturated rings. The molecule has 0 atom stereocenters. The molecule has 0 unspecified atom stereocenters. The molecule has 0 aliphatic carbocycles. The third-order valence-electron chi connectivity index (χ3n) is 4.12. The van der Waals surface area contributed by atoms with Gasteiger partial charge in [-0.3, -0.25) is 4.79 Å². The van der Waals surface area contributed by atoms with Crippen LogP contribution in [-0.4, -0.2) is 40.8 Å². The zero-order valence-corrected chi connectivity index (χ0v) is 15.5. The normalized spacial score (nSPS) is 11.4. The first-order valence-electron chi connectivity index (χ1n) is 8.46. The van der Waals surface area contributed by atoms with Crippen molar-refractivity contribution >= 4 is 22.7 Å². The topological polar surface area (TPSA) is 90.6 Å². The Morgan fingerprint density at radius 1 is 1.15 bits per heavy atom. The van der Waals surface area contributed by atoms with E-state index in [4.69, 9.17) is 9.47 Å². The molecule has 0 aliphatic rings. The van der Waals surface area contributed by atoms with Gasteiger partial charge in [-0.05, 0) is 37.3 Å². The van der Waals surface area contributed by atoms with E-state index in [0.717, 1.165) is 16.6 Å². The minimum Gasteiger partial charge on any atom is -0.493 e. The number of methoxy groups -OCH3 is 2. The first-order valence-corrected chi connectivity index (χ1v) is 8.46. The lowest BCUT2D eigenvalue weighted by Crippen LogP contribution is -2.21. The van der Waals surface area contributed by atoms with Crippen LogP contribution >= 0.6 is 0 Å². The molecule has 1 amide bonds. The molecule has 3 rings (SSSR count). The van der Waals surface area contributed by atoms with Gasteiger partial charge in [0.15, 0.2) is 11.5 Å². The lowest BCUT2D eigenvalue weighted by Gasteiger charge is -2.09. The average Bonchev–Trinajstić information content (AvgIpc) is 3.13. The third-order valence-corrected chi connectivity index (χ3v) is 4.12. The largest absolute Gasteiger partial charge is 0.493 e. The minimum atomic E-state index is -0.200. The van der Waals surface area contributed by atoms with Gasteiger partial charge in [-0.25, -0.2) is 10.1 Å². The summed E-state index contributed by atoms with van der Waals surface area (Å²) in [4.78, 5) is 12.1. The monoisotopic (exact) mass is 367 g/mol.